The van der Waals surface area contributed by atoms with Crippen LogP contribution in [0.25, 0.3) is 16.5 Å². The van der Waals surface area contributed by atoms with Crippen molar-refractivity contribution in [1.82, 2.24) is 4.57 Å². The van der Waals surface area contributed by atoms with Crippen LogP contribution in [0, 0.1) is 6.92 Å². The zero-order chi connectivity index (χ0) is 20.4. The standard InChI is InChI=1S/C25H22N2O2/c1-3-18-12-14-19(15-13-18)26-16-22-20-9-5-6-10-21(20)24(28)27(25(22)29)23-11-7-4-8-17(23)2/h4-16,29H,3H2,1-2H3. The van der Waals surface area contributed by atoms with Crippen molar-refractivity contribution >= 4 is 22.7 Å². The lowest BCUT2D eigenvalue weighted by Gasteiger charge is -2.15. The van der Waals surface area contributed by atoms with Crippen molar-refractivity contribution in [1.29, 1.82) is 0 Å². The van der Waals surface area contributed by atoms with Gasteiger partial charge < -0.3 is 5.11 Å². The topological polar surface area (TPSA) is 54.6 Å². The van der Waals surface area contributed by atoms with Crippen molar-refractivity contribution in [3.8, 4) is 11.6 Å². The molecule has 144 valence electrons. The van der Waals surface area contributed by atoms with E-state index in [1.165, 1.54) is 10.1 Å². The number of rotatable bonds is 4. The van der Waals surface area contributed by atoms with E-state index in [4.69, 9.17) is 0 Å². The van der Waals surface area contributed by atoms with E-state index >= 15 is 0 Å². The second kappa shape index (κ2) is 7.76. The minimum Gasteiger partial charge on any atom is -0.494 e. The van der Waals surface area contributed by atoms with Crippen LogP contribution in [0.2, 0.25) is 0 Å². The fraction of sp³-hybridized carbons (Fsp3) is 0.120. The average molecular weight is 382 g/mol. The van der Waals surface area contributed by atoms with E-state index < -0.39 is 0 Å². The molecule has 1 N–H and O–H groups in total. The van der Waals surface area contributed by atoms with Crippen LogP contribution in [-0.2, 0) is 6.42 Å². The molecule has 1 aromatic heterocycles. The van der Waals surface area contributed by atoms with Gasteiger partial charge in [-0.25, -0.2) is 4.57 Å². The molecule has 3 aromatic carbocycles. The van der Waals surface area contributed by atoms with Gasteiger partial charge in [0.15, 0.2) is 0 Å². The third-order valence-corrected chi connectivity index (χ3v) is 5.15. The second-order valence-electron chi connectivity index (χ2n) is 6.99. The first kappa shape index (κ1) is 18.7. The molecule has 4 rings (SSSR count). The molecule has 0 saturated carbocycles. The Kier molecular flexibility index (Phi) is 5.00. The minimum atomic E-state index is -0.253. The maximum absolute atomic E-state index is 13.2. The molecule has 0 saturated heterocycles. The van der Waals surface area contributed by atoms with E-state index in [1.54, 1.807) is 12.3 Å². The predicted molar refractivity (Wildman–Crippen MR) is 119 cm³/mol. The first-order valence-corrected chi connectivity index (χ1v) is 9.66. The summed E-state index contributed by atoms with van der Waals surface area (Å²) in [4.78, 5) is 17.7. The van der Waals surface area contributed by atoms with Gasteiger partial charge in [-0.05, 0) is 48.7 Å². The molecule has 0 spiro atoms. The summed E-state index contributed by atoms with van der Waals surface area (Å²) in [6, 6.07) is 22.8. The molecule has 0 unspecified atom stereocenters. The number of benzene rings is 3. The number of nitrogens with zero attached hydrogens (tertiary/aromatic N) is 2. The van der Waals surface area contributed by atoms with Crippen molar-refractivity contribution in [3.63, 3.8) is 0 Å². The van der Waals surface area contributed by atoms with Crippen LogP contribution in [0.3, 0.4) is 0 Å². The average Bonchev–Trinajstić information content (AvgIpc) is 2.75. The van der Waals surface area contributed by atoms with Gasteiger partial charge in [-0.15, -0.1) is 0 Å². The summed E-state index contributed by atoms with van der Waals surface area (Å²) in [6.45, 7) is 4.02. The molecule has 1 heterocycles. The number of aromatic nitrogens is 1. The van der Waals surface area contributed by atoms with E-state index in [0.29, 0.717) is 22.0 Å². The first-order chi connectivity index (χ1) is 14.1. The van der Waals surface area contributed by atoms with Crippen LogP contribution in [0.5, 0.6) is 5.88 Å². The molecule has 0 bridgehead atoms. The van der Waals surface area contributed by atoms with Gasteiger partial charge in [0.05, 0.1) is 16.9 Å². The SMILES string of the molecule is CCc1ccc(N=Cc2c(O)n(-c3ccccc3C)c(=O)c3ccccc23)cc1. The number of para-hydroxylation sites is 1. The summed E-state index contributed by atoms with van der Waals surface area (Å²) in [5.41, 5.74) is 3.85. The number of hydrogen-bond acceptors (Lipinski definition) is 3. The highest BCUT2D eigenvalue weighted by Gasteiger charge is 2.17. The maximum atomic E-state index is 13.2. The first-order valence-electron chi connectivity index (χ1n) is 9.66. The van der Waals surface area contributed by atoms with Crippen molar-refractivity contribution in [2.24, 2.45) is 4.99 Å². The van der Waals surface area contributed by atoms with Gasteiger partial charge >= 0.3 is 0 Å². The number of pyridine rings is 1. The lowest BCUT2D eigenvalue weighted by Crippen LogP contribution is -2.20. The monoisotopic (exact) mass is 382 g/mol. The normalized spacial score (nSPS) is 11.4. The summed E-state index contributed by atoms with van der Waals surface area (Å²) in [6.07, 6.45) is 2.60. The highest BCUT2D eigenvalue weighted by atomic mass is 16.3. The third kappa shape index (κ3) is 3.45. The van der Waals surface area contributed by atoms with E-state index in [0.717, 1.165) is 17.7 Å². The highest BCUT2D eigenvalue weighted by Crippen LogP contribution is 2.27. The second-order valence-corrected chi connectivity index (χ2v) is 6.99. The molecule has 0 aliphatic heterocycles. The number of aliphatic imine (C=N–C) groups is 1. The third-order valence-electron chi connectivity index (χ3n) is 5.15. The van der Waals surface area contributed by atoms with Crippen LogP contribution in [0.15, 0.2) is 82.6 Å². The molecule has 4 aromatic rings. The smallest absolute Gasteiger partial charge is 0.265 e. The van der Waals surface area contributed by atoms with E-state index in [2.05, 4.69) is 11.9 Å². The Labute approximate surface area is 169 Å². The van der Waals surface area contributed by atoms with Crippen LogP contribution >= 0.6 is 0 Å². The van der Waals surface area contributed by atoms with Gasteiger partial charge in [0.25, 0.3) is 5.56 Å². The van der Waals surface area contributed by atoms with E-state index in [-0.39, 0.29) is 11.4 Å². The Bertz CT molecular complexity index is 1270. The summed E-state index contributed by atoms with van der Waals surface area (Å²) in [7, 11) is 0. The number of aromatic hydroxyl groups is 1. The summed E-state index contributed by atoms with van der Waals surface area (Å²) in [5, 5.41) is 12.3. The molecule has 0 radical (unpaired) electrons. The Morgan fingerprint density at radius 2 is 1.59 bits per heavy atom. The van der Waals surface area contributed by atoms with Gasteiger partial charge in [0.1, 0.15) is 0 Å². The van der Waals surface area contributed by atoms with E-state index in [9.17, 15) is 9.90 Å². The predicted octanol–water partition coefficient (Wildman–Crippen LogP) is 5.32. The van der Waals surface area contributed by atoms with Crippen molar-refractivity contribution < 1.29 is 5.11 Å². The fourth-order valence-corrected chi connectivity index (χ4v) is 3.48. The van der Waals surface area contributed by atoms with Gasteiger partial charge in [0.2, 0.25) is 5.88 Å². The number of fused-ring (bicyclic) bond motifs is 1. The lowest BCUT2D eigenvalue weighted by molar-refractivity contribution is 0.436. The van der Waals surface area contributed by atoms with E-state index in [1.807, 2.05) is 73.7 Å². The van der Waals surface area contributed by atoms with Gasteiger partial charge in [-0.3, -0.25) is 9.79 Å². The number of aryl methyl sites for hydroxylation is 2. The van der Waals surface area contributed by atoms with Crippen molar-refractivity contribution in [2.75, 3.05) is 0 Å². The summed E-state index contributed by atoms with van der Waals surface area (Å²) >= 11 is 0. The quantitative estimate of drug-likeness (QED) is 0.486. The summed E-state index contributed by atoms with van der Waals surface area (Å²) in [5.74, 6) is -0.114. The molecule has 29 heavy (non-hydrogen) atoms. The largest absolute Gasteiger partial charge is 0.494 e. The van der Waals surface area contributed by atoms with Crippen LogP contribution in [0.4, 0.5) is 5.69 Å². The Morgan fingerprint density at radius 1 is 0.931 bits per heavy atom. The van der Waals surface area contributed by atoms with Crippen LogP contribution < -0.4 is 5.56 Å². The number of hydrogen-bond donors (Lipinski definition) is 1. The minimum absolute atomic E-state index is 0.114. The zero-order valence-corrected chi connectivity index (χ0v) is 16.5. The van der Waals surface area contributed by atoms with Gasteiger partial charge in [0, 0.05) is 17.0 Å². The van der Waals surface area contributed by atoms with Crippen molar-refractivity contribution in [3.05, 3.63) is 99.8 Å². The molecule has 0 aliphatic rings. The summed E-state index contributed by atoms with van der Waals surface area (Å²) < 4.78 is 1.36. The molecule has 0 aliphatic carbocycles. The molecular weight excluding hydrogens is 360 g/mol. The molecular formula is C25H22N2O2. The highest BCUT2D eigenvalue weighted by molar-refractivity contribution is 6.02. The molecule has 4 heteroatoms. The Hall–Kier alpha value is -3.66. The Balaban J connectivity index is 1.94. The molecule has 4 nitrogen and oxygen atoms in total. The van der Waals surface area contributed by atoms with Gasteiger partial charge in [-0.2, -0.15) is 0 Å². The lowest BCUT2D eigenvalue weighted by atomic mass is 10.1. The molecule has 0 fully saturated rings. The van der Waals surface area contributed by atoms with Gasteiger partial charge in [-0.1, -0.05) is 55.5 Å². The Morgan fingerprint density at radius 3 is 2.28 bits per heavy atom. The fourth-order valence-electron chi connectivity index (χ4n) is 3.48. The molecule has 0 atom stereocenters. The maximum Gasteiger partial charge on any atom is 0.265 e. The van der Waals surface area contributed by atoms with Crippen LogP contribution in [-0.4, -0.2) is 15.9 Å². The van der Waals surface area contributed by atoms with Crippen molar-refractivity contribution in [2.45, 2.75) is 20.3 Å². The van der Waals surface area contributed by atoms with Crippen LogP contribution in [0.1, 0.15) is 23.6 Å². The molecule has 0 amide bonds. The zero-order valence-electron chi connectivity index (χ0n) is 16.5.